The number of aromatic nitrogens is 3. The van der Waals surface area contributed by atoms with Crippen LogP contribution in [0, 0.1) is 6.92 Å². The van der Waals surface area contributed by atoms with Crippen LogP contribution in [0.15, 0.2) is 6.07 Å². The summed E-state index contributed by atoms with van der Waals surface area (Å²) in [7, 11) is 1.19. The van der Waals surface area contributed by atoms with Gasteiger partial charge in [0.2, 0.25) is 0 Å². The van der Waals surface area contributed by atoms with Crippen LogP contribution in [0.2, 0.25) is 5.15 Å². The first kappa shape index (κ1) is 21.5. The molecule has 9 heteroatoms. The molecule has 2 aromatic rings. The second-order valence-corrected chi connectivity index (χ2v) is 7.89. The van der Waals surface area contributed by atoms with Gasteiger partial charge in [0.25, 0.3) is 0 Å². The van der Waals surface area contributed by atoms with Crippen molar-refractivity contribution in [3.05, 3.63) is 28.2 Å². The third-order valence-corrected chi connectivity index (χ3v) is 4.69. The van der Waals surface area contributed by atoms with Gasteiger partial charge in [-0.2, -0.15) is 18.3 Å². The normalized spacial score (nSPS) is 13.8. The van der Waals surface area contributed by atoms with Gasteiger partial charge in [0.05, 0.1) is 18.7 Å². The maximum Gasteiger partial charge on any atom is 0.389 e. The van der Waals surface area contributed by atoms with Crippen molar-refractivity contribution in [1.29, 1.82) is 0 Å². The maximum atomic E-state index is 12.5. The van der Waals surface area contributed by atoms with Crippen molar-refractivity contribution in [2.24, 2.45) is 0 Å². The van der Waals surface area contributed by atoms with Gasteiger partial charge in [-0.3, -0.25) is 4.79 Å². The molecule has 2 rings (SSSR count). The molecule has 27 heavy (non-hydrogen) atoms. The summed E-state index contributed by atoms with van der Waals surface area (Å²) in [6.07, 6.45) is -5.54. The molecule has 0 aliphatic rings. The molecule has 1 unspecified atom stereocenters. The zero-order chi connectivity index (χ0) is 20.6. The summed E-state index contributed by atoms with van der Waals surface area (Å²) in [6.45, 7) is 7.64. The van der Waals surface area contributed by atoms with E-state index in [1.54, 1.807) is 13.0 Å². The fourth-order valence-electron chi connectivity index (χ4n) is 2.88. The summed E-state index contributed by atoms with van der Waals surface area (Å²) < 4.78 is 43.7. The molecule has 0 saturated carbocycles. The van der Waals surface area contributed by atoms with Gasteiger partial charge in [-0.05, 0) is 19.8 Å². The number of aryl methyl sites for hydroxylation is 1. The topological polar surface area (TPSA) is 56.5 Å². The Morgan fingerprint density at radius 1 is 1.33 bits per heavy atom. The predicted octanol–water partition coefficient (Wildman–Crippen LogP) is 4.98. The number of halogens is 4. The fraction of sp³-hybridized carbons (Fsp3) is 0.611. The summed E-state index contributed by atoms with van der Waals surface area (Å²) in [4.78, 5) is 16.7. The van der Waals surface area contributed by atoms with E-state index < -0.39 is 24.5 Å². The molecule has 0 saturated heterocycles. The molecule has 5 nitrogen and oxygen atoms in total. The van der Waals surface area contributed by atoms with Gasteiger partial charge in [0.15, 0.2) is 5.65 Å². The van der Waals surface area contributed by atoms with E-state index in [0.717, 1.165) is 5.69 Å². The van der Waals surface area contributed by atoms with Crippen molar-refractivity contribution in [1.82, 2.24) is 14.6 Å². The SMILES string of the molecule is COC(=O)C(CCCC(F)(F)F)c1c(C)nc2cc(C(C)(C)C)nn2c1Cl. The third kappa shape index (κ3) is 4.91. The molecule has 0 bridgehead atoms. The molecule has 0 fully saturated rings. The fourth-order valence-corrected chi connectivity index (χ4v) is 3.27. The number of carbonyl (C=O) groups excluding carboxylic acids is 1. The van der Waals surface area contributed by atoms with Crippen LogP contribution in [0.1, 0.15) is 62.9 Å². The Kier molecular flexibility index (Phi) is 6.09. The van der Waals surface area contributed by atoms with Gasteiger partial charge in [0.1, 0.15) is 5.15 Å². The van der Waals surface area contributed by atoms with Crippen LogP contribution >= 0.6 is 11.6 Å². The third-order valence-electron chi connectivity index (χ3n) is 4.33. The predicted molar refractivity (Wildman–Crippen MR) is 96.1 cm³/mol. The number of hydrogen-bond acceptors (Lipinski definition) is 4. The number of hydrogen-bond donors (Lipinski definition) is 0. The second-order valence-electron chi connectivity index (χ2n) is 7.53. The molecule has 150 valence electrons. The molecule has 0 amide bonds. The quantitative estimate of drug-likeness (QED) is 0.520. The van der Waals surface area contributed by atoms with Gasteiger partial charge >= 0.3 is 12.1 Å². The van der Waals surface area contributed by atoms with Gasteiger partial charge in [-0.15, -0.1) is 0 Å². The van der Waals surface area contributed by atoms with E-state index in [9.17, 15) is 18.0 Å². The van der Waals surface area contributed by atoms with E-state index >= 15 is 0 Å². The lowest BCUT2D eigenvalue weighted by atomic mass is 9.92. The van der Waals surface area contributed by atoms with Crippen LogP contribution < -0.4 is 0 Å². The Labute approximate surface area is 160 Å². The second kappa shape index (κ2) is 7.66. The lowest BCUT2D eigenvalue weighted by Crippen LogP contribution is -2.19. The van der Waals surface area contributed by atoms with Crippen molar-refractivity contribution < 1.29 is 22.7 Å². The first-order chi connectivity index (χ1) is 12.3. The van der Waals surface area contributed by atoms with Crippen molar-refractivity contribution >= 4 is 23.2 Å². The number of methoxy groups -OCH3 is 1. The van der Waals surface area contributed by atoms with E-state index in [0.29, 0.717) is 16.9 Å². The smallest absolute Gasteiger partial charge is 0.389 e. The Morgan fingerprint density at radius 2 is 1.96 bits per heavy atom. The first-order valence-electron chi connectivity index (χ1n) is 8.56. The van der Waals surface area contributed by atoms with Crippen molar-refractivity contribution in [2.45, 2.75) is 64.5 Å². The van der Waals surface area contributed by atoms with Crippen LogP contribution in [-0.2, 0) is 14.9 Å². The van der Waals surface area contributed by atoms with Crippen LogP contribution in [-0.4, -0.2) is 33.9 Å². The number of nitrogens with zero attached hydrogens (tertiary/aromatic N) is 3. The largest absolute Gasteiger partial charge is 0.469 e. The van der Waals surface area contributed by atoms with Crippen molar-refractivity contribution in [3.63, 3.8) is 0 Å². The van der Waals surface area contributed by atoms with Crippen molar-refractivity contribution in [3.8, 4) is 0 Å². The summed E-state index contributed by atoms with van der Waals surface area (Å²) >= 11 is 6.51. The molecular weight excluding hydrogens is 383 g/mol. The average molecular weight is 406 g/mol. The average Bonchev–Trinajstić information content (AvgIpc) is 2.95. The number of ether oxygens (including phenoxy) is 1. The summed E-state index contributed by atoms with van der Waals surface area (Å²) in [5.74, 6) is -1.59. The van der Waals surface area contributed by atoms with E-state index in [1.165, 1.54) is 11.6 Å². The van der Waals surface area contributed by atoms with Gasteiger partial charge in [0, 0.05) is 29.2 Å². The van der Waals surface area contributed by atoms with E-state index in [2.05, 4.69) is 10.1 Å². The van der Waals surface area contributed by atoms with Crippen LogP contribution in [0.5, 0.6) is 0 Å². The highest BCUT2D eigenvalue weighted by atomic mass is 35.5. The number of rotatable bonds is 5. The Hall–Kier alpha value is -1.83. The van der Waals surface area contributed by atoms with Crippen LogP contribution in [0.3, 0.4) is 0 Å². The Morgan fingerprint density at radius 3 is 2.48 bits per heavy atom. The van der Waals surface area contributed by atoms with Crippen molar-refractivity contribution in [2.75, 3.05) is 7.11 Å². The number of esters is 1. The molecule has 0 spiro atoms. The molecule has 0 radical (unpaired) electrons. The molecule has 0 aliphatic carbocycles. The lowest BCUT2D eigenvalue weighted by Gasteiger charge is -2.19. The monoisotopic (exact) mass is 405 g/mol. The lowest BCUT2D eigenvalue weighted by molar-refractivity contribution is -0.145. The highest BCUT2D eigenvalue weighted by Crippen LogP contribution is 2.34. The molecule has 2 heterocycles. The minimum absolute atomic E-state index is 0.0483. The highest BCUT2D eigenvalue weighted by Gasteiger charge is 2.32. The molecule has 0 N–H and O–H groups in total. The molecule has 2 aromatic heterocycles. The van der Waals surface area contributed by atoms with Gasteiger partial charge in [-0.1, -0.05) is 32.4 Å². The minimum atomic E-state index is -4.29. The van der Waals surface area contributed by atoms with Gasteiger partial charge < -0.3 is 4.74 Å². The minimum Gasteiger partial charge on any atom is -0.469 e. The standard InChI is InChI=1S/C18H23ClF3N3O2/c1-10-14(11(16(26)27-5)7-6-8-18(20,21)22)15(19)25-13(23-10)9-12(24-25)17(2,3)4/h9,11H,6-8H2,1-5H3. The summed E-state index contributed by atoms with van der Waals surface area (Å²) in [6, 6.07) is 1.81. The number of carbonyl (C=O) groups is 1. The van der Waals surface area contributed by atoms with Crippen LogP contribution in [0.4, 0.5) is 13.2 Å². The molecule has 1 atom stereocenters. The zero-order valence-corrected chi connectivity index (χ0v) is 16.7. The van der Waals surface area contributed by atoms with E-state index in [1.807, 2.05) is 20.8 Å². The molecule has 0 aliphatic heterocycles. The van der Waals surface area contributed by atoms with Crippen LogP contribution in [0.25, 0.3) is 5.65 Å². The maximum absolute atomic E-state index is 12.5. The summed E-state index contributed by atoms with van der Waals surface area (Å²) in [5.41, 5.74) is 1.86. The highest BCUT2D eigenvalue weighted by molar-refractivity contribution is 6.30. The van der Waals surface area contributed by atoms with Gasteiger partial charge in [-0.25, -0.2) is 9.50 Å². The zero-order valence-electron chi connectivity index (χ0n) is 15.9. The van der Waals surface area contributed by atoms with E-state index in [4.69, 9.17) is 16.3 Å². The molecule has 0 aromatic carbocycles. The van der Waals surface area contributed by atoms with E-state index in [-0.39, 0.29) is 23.4 Å². The number of fused-ring (bicyclic) bond motifs is 1. The Balaban J connectivity index is 2.49. The Bertz CT molecular complexity index is 841. The first-order valence-corrected chi connectivity index (χ1v) is 8.93. The molecular formula is C18H23ClF3N3O2. The number of alkyl halides is 3. The summed E-state index contributed by atoms with van der Waals surface area (Å²) in [5, 5.41) is 4.62.